The number of aryl methyl sites for hydroxylation is 2. The van der Waals surface area contributed by atoms with E-state index in [4.69, 9.17) is 0 Å². The van der Waals surface area contributed by atoms with Gasteiger partial charge in [-0.1, -0.05) is 30.3 Å². The average Bonchev–Trinajstić information content (AvgIpc) is 2.83. The van der Waals surface area contributed by atoms with Gasteiger partial charge in [0.25, 0.3) is 0 Å². The van der Waals surface area contributed by atoms with Crippen molar-refractivity contribution < 1.29 is 9.50 Å². The summed E-state index contributed by atoms with van der Waals surface area (Å²) in [5, 5.41) is 10.6. The van der Waals surface area contributed by atoms with Crippen molar-refractivity contribution in [2.75, 3.05) is 19.6 Å². The van der Waals surface area contributed by atoms with Crippen LogP contribution in [-0.4, -0.2) is 29.6 Å². The van der Waals surface area contributed by atoms with Crippen molar-refractivity contribution in [2.45, 2.75) is 58.0 Å². The highest BCUT2D eigenvalue weighted by Gasteiger charge is 2.28. The number of rotatable bonds is 3. The first-order chi connectivity index (χ1) is 13.5. The van der Waals surface area contributed by atoms with Crippen molar-refractivity contribution in [3.63, 3.8) is 0 Å². The molecule has 2 aromatic carbocycles. The van der Waals surface area contributed by atoms with Crippen LogP contribution in [0.25, 0.3) is 0 Å². The predicted molar refractivity (Wildman–Crippen MR) is 119 cm³/mol. The van der Waals surface area contributed by atoms with Crippen molar-refractivity contribution in [2.24, 2.45) is 5.92 Å². The number of hydrogen-bond acceptors (Lipinski definition) is 2. The molecule has 0 saturated carbocycles. The van der Waals surface area contributed by atoms with Gasteiger partial charge < -0.3 is 10.0 Å². The first-order valence-corrected chi connectivity index (χ1v) is 10.8. The van der Waals surface area contributed by atoms with Crippen LogP contribution in [0.5, 0.6) is 0 Å². The Hall–Kier alpha value is -1.42. The highest BCUT2D eigenvalue weighted by Crippen LogP contribution is 2.36. The van der Waals surface area contributed by atoms with E-state index in [2.05, 4.69) is 36.9 Å². The lowest BCUT2D eigenvalue weighted by Crippen LogP contribution is -2.37. The molecule has 1 aliphatic heterocycles. The summed E-state index contributed by atoms with van der Waals surface area (Å²) in [6, 6.07) is 11.8. The Labute approximate surface area is 180 Å². The lowest BCUT2D eigenvalue weighted by atomic mass is 9.84. The van der Waals surface area contributed by atoms with E-state index >= 15 is 0 Å². The third-order valence-corrected chi connectivity index (χ3v) is 6.93. The number of fused-ring (bicyclic) bond motifs is 1. The van der Waals surface area contributed by atoms with Gasteiger partial charge in [0, 0.05) is 6.54 Å². The zero-order chi connectivity index (χ0) is 19.7. The summed E-state index contributed by atoms with van der Waals surface area (Å²) in [4.78, 5) is 2.56. The summed E-state index contributed by atoms with van der Waals surface area (Å²) < 4.78 is 14.2. The minimum Gasteiger partial charge on any atom is -0.388 e. The van der Waals surface area contributed by atoms with Gasteiger partial charge >= 0.3 is 0 Å². The maximum absolute atomic E-state index is 14.2. The first-order valence-electron chi connectivity index (χ1n) is 10.8. The van der Waals surface area contributed by atoms with Gasteiger partial charge in [0.2, 0.25) is 0 Å². The Morgan fingerprint density at radius 1 is 1.00 bits per heavy atom. The fourth-order valence-electron chi connectivity index (χ4n) is 5.47. The van der Waals surface area contributed by atoms with E-state index in [1.807, 2.05) is 6.07 Å². The second kappa shape index (κ2) is 9.59. The summed E-state index contributed by atoms with van der Waals surface area (Å²) in [6.07, 6.45) is 4.31. The Bertz CT molecular complexity index is 811. The molecule has 29 heavy (non-hydrogen) atoms. The average molecular weight is 418 g/mol. The van der Waals surface area contributed by atoms with Crippen LogP contribution in [0.3, 0.4) is 0 Å². The zero-order valence-electron chi connectivity index (χ0n) is 17.5. The minimum atomic E-state index is -0.537. The number of benzene rings is 2. The molecular weight excluding hydrogens is 385 g/mol. The molecule has 158 valence electrons. The van der Waals surface area contributed by atoms with Crippen molar-refractivity contribution in [1.29, 1.82) is 0 Å². The zero-order valence-corrected chi connectivity index (χ0v) is 18.4. The van der Waals surface area contributed by atoms with E-state index in [9.17, 15) is 9.50 Å². The monoisotopic (exact) mass is 417 g/mol. The van der Waals surface area contributed by atoms with Crippen molar-refractivity contribution in [1.82, 2.24) is 4.90 Å². The molecule has 0 spiro atoms. The van der Waals surface area contributed by atoms with Crippen LogP contribution in [0, 0.1) is 25.6 Å². The SMILES string of the molecule is Cc1cccc(C)c1C1CCN(CC2CCc3c(F)cccc3C(O)C2)CC1.Cl. The van der Waals surface area contributed by atoms with E-state index in [0.717, 1.165) is 50.0 Å². The van der Waals surface area contributed by atoms with Gasteiger partial charge in [0.1, 0.15) is 5.82 Å². The van der Waals surface area contributed by atoms with Gasteiger partial charge in [-0.25, -0.2) is 4.39 Å². The van der Waals surface area contributed by atoms with Crippen molar-refractivity contribution in [3.05, 3.63) is 70.0 Å². The molecule has 4 rings (SSSR count). The van der Waals surface area contributed by atoms with Gasteiger partial charge in [-0.3, -0.25) is 0 Å². The molecule has 1 heterocycles. The van der Waals surface area contributed by atoms with E-state index in [1.54, 1.807) is 11.6 Å². The summed E-state index contributed by atoms with van der Waals surface area (Å²) in [5.74, 6) is 0.931. The van der Waals surface area contributed by atoms with Crippen LogP contribution in [0.4, 0.5) is 4.39 Å². The fourth-order valence-corrected chi connectivity index (χ4v) is 5.47. The molecule has 0 amide bonds. The van der Waals surface area contributed by atoms with Crippen molar-refractivity contribution >= 4 is 12.4 Å². The lowest BCUT2D eigenvalue weighted by Gasteiger charge is -2.35. The third-order valence-electron chi connectivity index (χ3n) is 6.93. The number of aliphatic hydroxyl groups is 1. The molecule has 2 aromatic rings. The van der Waals surface area contributed by atoms with E-state index < -0.39 is 6.10 Å². The van der Waals surface area contributed by atoms with Gasteiger partial charge in [0.15, 0.2) is 0 Å². The second-order valence-electron chi connectivity index (χ2n) is 8.84. The number of halogens is 2. The molecule has 0 radical (unpaired) electrons. The molecule has 4 heteroatoms. The molecule has 1 fully saturated rings. The highest BCUT2D eigenvalue weighted by molar-refractivity contribution is 5.85. The molecule has 2 aliphatic rings. The molecular formula is C25H33ClFNO. The molecule has 2 unspecified atom stereocenters. The van der Waals surface area contributed by atoms with Crippen LogP contribution in [0.1, 0.15) is 65.5 Å². The maximum atomic E-state index is 14.2. The summed E-state index contributed by atoms with van der Waals surface area (Å²) in [6.45, 7) is 7.72. The Morgan fingerprint density at radius 3 is 2.34 bits per heavy atom. The van der Waals surface area contributed by atoms with Crippen LogP contribution < -0.4 is 0 Å². The fraction of sp³-hybridized carbons (Fsp3) is 0.520. The standard InChI is InChI=1S/C25H32FNO.ClH/c1-17-5-3-6-18(2)25(17)20-11-13-27(14-12-20)16-19-9-10-21-22(24(28)15-19)7-4-8-23(21)26;/h3-8,19-20,24,28H,9-16H2,1-2H3;1H. The predicted octanol–water partition coefficient (Wildman–Crippen LogP) is 5.73. The number of aliphatic hydroxyl groups excluding tert-OH is 1. The molecule has 0 bridgehead atoms. The van der Waals surface area contributed by atoms with E-state index in [1.165, 1.54) is 30.0 Å². The topological polar surface area (TPSA) is 23.5 Å². The van der Waals surface area contributed by atoms with Crippen LogP contribution in [-0.2, 0) is 6.42 Å². The number of piperidine rings is 1. The van der Waals surface area contributed by atoms with Crippen molar-refractivity contribution in [3.8, 4) is 0 Å². The smallest absolute Gasteiger partial charge is 0.126 e. The van der Waals surface area contributed by atoms with Crippen LogP contribution in [0.2, 0.25) is 0 Å². The molecule has 2 nitrogen and oxygen atoms in total. The molecule has 2 atom stereocenters. The highest BCUT2D eigenvalue weighted by atomic mass is 35.5. The lowest BCUT2D eigenvalue weighted by molar-refractivity contribution is 0.117. The van der Waals surface area contributed by atoms with Crippen LogP contribution in [0.15, 0.2) is 36.4 Å². The van der Waals surface area contributed by atoms with Gasteiger partial charge in [0.05, 0.1) is 6.10 Å². The number of hydrogen-bond donors (Lipinski definition) is 1. The second-order valence-corrected chi connectivity index (χ2v) is 8.84. The van der Waals surface area contributed by atoms with E-state index in [0.29, 0.717) is 11.8 Å². The first kappa shape index (κ1) is 22.3. The quantitative estimate of drug-likeness (QED) is 0.644. The Morgan fingerprint density at radius 2 is 1.66 bits per heavy atom. The molecule has 1 N–H and O–H groups in total. The molecule has 1 aliphatic carbocycles. The largest absolute Gasteiger partial charge is 0.388 e. The van der Waals surface area contributed by atoms with Crippen LogP contribution >= 0.6 is 12.4 Å². The summed E-state index contributed by atoms with van der Waals surface area (Å²) in [7, 11) is 0. The summed E-state index contributed by atoms with van der Waals surface area (Å²) >= 11 is 0. The number of nitrogens with zero attached hydrogens (tertiary/aromatic N) is 1. The molecule has 0 aromatic heterocycles. The molecule has 1 saturated heterocycles. The summed E-state index contributed by atoms with van der Waals surface area (Å²) in [5.41, 5.74) is 5.93. The number of likely N-dealkylation sites (tertiary alicyclic amines) is 1. The van der Waals surface area contributed by atoms with E-state index in [-0.39, 0.29) is 18.2 Å². The maximum Gasteiger partial charge on any atom is 0.126 e. The Kier molecular flexibility index (Phi) is 7.37. The normalized spacial score (nSPS) is 23.2. The van der Waals surface area contributed by atoms with Gasteiger partial charge in [-0.05, 0) is 105 Å². The van der Waals surface area contributed by atoms with Gasteiger partial charge in [-0.2, -0.15) is 0 Å². The van der Waals surface area contributed by atoms with Gasteiger partial charge in [-0.15, -0.1) is 12.4 Å². The third kappa shape index (κ3) is 4.84. The minimum absolute atomic E-state index is 0. The Balaban J connectivity index is 0.00000240.